The van der Waals surface area contributed by atoms with Gasteiger partial charge in [0, 0.05) is 48.3 Å². The maximum absolute atomic E-state index is 14.9. The average molecular weight is 1290 g/mol. The number of imide groups is 1. The van der Waals surface area contributed by atoms with Crippen molar-refractivity contribution in [1.29, 1.82) is 0 Å². The fraction of sp³-hybridized carbons (Fsp3) is 0.541. The number of para-hydroxylation sites is 1. The van der Waals surface area contributed by atoms with Gasteiger partial charge in [-0.2, -0.15) is 0 Å². The zero-order chi connectivity index (χ0) is 67.2. The monoisotopic (exact) mass is 1290 g/mol. The predicted octanol–water partition coefficient (Wildman–Crippen LogP) is 7.83. The lowest BCUT2D eigenvalue weighted by molar-refractivity contribution is -0.150. The molecule has 20 nitrogen and oxygen atoms in total. The lowest BCUT2D eigenvalue weighted by atomic mass is 9.49. The van der Waals surface area contributed by atoms with E-state index in [-0.39, 0.29) is 111 Å². The van der Waals surface area contributed by atoms with Gasteiger partial charge in [-0.15, -0.1) is 0 Å². The normalized spacial score (nSPS) is 23.0. The van der Waals surface area contributed by atoms with Crippen molar-refractivity contribution in [3.8, 4) is 11.8 Å². The second-order valence-electron chi connectivity index (χ2n) is 27.3. The maximum Gasteiger partial charge on any atom is 0.246 e. The Bertz CT molecular complexity index is 3510. The second kappa shape index (κ2) is 31.6. The molecule has 4 aromatic carbocycles. The second-order valence-corrected chi connectivity index (χ2v) is 27.3. The SMILES string of the molecule is CC(C)[C@H](NC(=O)CCOCCOCCOCCOCCNC(=O)CCC(=O)N1Cc2ccccc2C#Cc2ccccc21)C(=O)N[C@@H](C)C(=O)Nc1ccc2c(c1)[C@@]1(C)CCC[C@](C)(C(=O)NC(=O)[C@@]3(C)CCC[C@]4(C)c5cc(NC(=O)CN)ccc5CC[C@@H]34)[C@@H]1CC2. The predicted molar refractivity (Wildman–Crippen MR) is 359 cm³/mol. The summed E-state index contributed by atoms with van der Waals surface area (Å²) in [4.78, 5) is 110. The average Bonchev–Trinajstić information content (AvgIpc) is 0.726. The molecule has 1 aliphatic heterocycles. The van der Waals surface area contributed by atoms with Crippen LogP contribution in [0.5, 0.6) is 0 Å². The van der Waals surface area contributed by atoms with Gasteiger partial charge in [-0.05, 0) is 157 Å². The van der Waals surface area contributed by atoms with E-state index >= 15 is 0 Å². The van der Waals surface area contributed by atoms with Crippen LogP contribution in [0.2, 0.25) is 0 Å². The molecule has 8 N–H and O–H groups in total. The van der Waals surface area contributed by atoms with Gasteiger partial charge < -0.3 is 56.2 Å². The number of hydrogen-bond acceptors (Lipinski definition) is 13. The molecule has 8 atom stereocenters. The van der Waals surface area contributed by atoms with Crippen molar-refractivity contribution >= 4 is 64.3 Å². The molecule has 4 aliphatic carbocycles. The lowest BCUT2D eigenvalue weighted by Crippen LogP contribution is -2.60. The fourth-order valence-electron chi connectivity index (χ4n) is 15.5. The summed E-state index contributed by atoms with van der Waals surface area (Å²) in [6.07, 6.45) is 7.88. The summed E-state index contributed by atoms with van der Waals surface area (Å²) in [7, 11) is 0. The highest BCUT2D eigenvalue weighted by atomic mass is 16.6. The van der Waals surface area contributed by atoms with Crippen LogP contribution < -0.4 is 42.5 Å². The number of ether oxygens (including phenoxy) is 4. The van der Waals surface area contributed by atoms with Crippen molar-refractivity contribution in [2.24, 2.45) is 34.3 Å². The first kappa shape index (κ1) is 70.5. The Labute approximate surface area is 553 Å². The molecule has 9 rings (SSSR count). The Morgan fingerprint density at radius 2 is 1.10 bits per heavy atom. The van der Waals surface area contributed by atoms with Crippen molar-refractivity contribution < 1.29 is 57.3 Å². The minimum atomic E-state index is -0.945. The van der Waals surface area contributed by atoms with Gasteiger partial charge in [0.05, 0.1) is 82.5 Å². The number of nitrogens with two attached hydrogens (primary N) is 1. The molecule has 94 heavy (non-hydrogen) atoms. The molecule has 5 aliphatic rings. The minimum Gasteiger partial charge on any atom is -0.379 e. The Kier molecular flexibility index (Phi) is 23.7. The molecule has 0 radical (unpaired) electrons. The highest BCUT2D eigenvalue weighted by Gasteiger charge is 2.58. The van der Waals surface area contributed by atoms with E-state index in [1.165, 1.54) is 5.56 Å². The molecule has 0 unspecified atom stereocenters. The number of nitrogens with one attached hydrogen (secondary N) is 6. The smallest absolute Gasteiger partial charge is 0.246 e. The summed E-state index contributed by atoms with van der Waals surface area (Å²) >= 11 is 0. The summed E-state index contributed by atoms with van der Waals surface area (Å²) in [5.41, 5.74) is 12.4. The highest BCUT2D eigenvalue weighted by Crippen LogP contribution is 2.60. The van der Waals surface area contributed by atoms with Crippen LogP contribution in [0.15, 0.2) is 84.9 Å². The van der Waals surface area contributed by atoms with Gasteiger partial charge in [-0.25, -0.2) is 0 Å². The summed E-state index contributed by atoms with van der Waals surface area (Å²) in [5.74, 6) is 3.61. The summed E-state index contributed by atoms with van der Waals surface area (Å²) < 4.78 is 22.4. The molecular weight excluding hydrogens is 1190 g/mol. The number of fused-ring (bicyclic) bond motifs is 8. The van der Waals surface area contributed by atoms with Crippen LogP contribution in [0.1, 0.15) is 158 Å². The number of hydrogen-bond donors (Lipinski definition) is 7. The van der Waals surface area contributed by atoms with Crippen molar-refractivity contribution in [3.63, 3.8) is 0 Å². The molecule has 0 spiro atoms. The zero-order valence-corrected chi connectivity index (χ0v) is 55.9. The Morgan fingerprint density at radius 1 is 0.564 bits per heavy atom. The van der Waals surface area contributed by atoms with Gasteiger partial charge in [0.25, 0.3) is 0 Å². The van der Waals surface area contributed by atoms with Crippen molar-refractivity contribution in [1.82, 2.24) is 21.3 Å². The van der Waals surface area contributed by atoms with Gasteiger partial charge in [0.1, 0.15) is 12.1 Å². The molecule has 0 aromatic heterocycles. The number of carbonyl (C=O) groups is 8. The van der Waals surface area contributed by atoms with E-state index in [0.29, 0.717) is 63.7 Å². The van der Waals surface area contributed by atoms with Crippen LogP contribution in [0, 0.1) is 40.4 Å². The minimum absolute atomic E-state index is 0.0105. The summed E-state index contributed by atoms with van der Waals surface area (Å²) in [5, 5.41) is 17.4. The number of nitrogens with zero attached hydrogens (tertiary/aromatic N) is 1. The van der Waals surface area contributed by atoms with E-state index in [1.807, 2.05) is 100 Å². The molecule has 1 heterocycles. The quantitative estimate of drug-likeness (QED) is 0.0162. The standard InChI is InChI=1S/C74H96N8O12/c1-48(2)66(80-63(84)30-36-91-38-40-93-42-43-94-41-39-92-37-35-76-62(83)28-29-65(86)82-47-54-16-9-8-14-50(54)18-19-53-15-10-11-17-59(53)82)68(88)77-49(3)67(87)79-56-25-21-52-23-27-61-72(5,58(52)45-56)32-13-34-74(61,7)70(90)81-69(89)73(6)33-12-31-71(4)57-44-55(78-64(85)46-75)24-20-51(57)22-26-60(71)73/h8-11,14-17,20-21,24-25,44-45,48-49,60-61,66H,12-13,22-23,26-43,46-47,75H2,1-7H3,(H,76,83)(H,77,88)(H,78,85)(H,79,87)(H,80,84)(H,81,89,90)/t49-,60+,61+,66-,71+,72+,73-,74-/m0/s1. The third-order valence-electron chi connectivity index (χ3n) is 20.6. The number of anilines is 3. The Balaban J connectivity index is 0.641. The van der Waals surface area contributed by atoms with Crippen LogP contribution in [-0.4, -0.2) is 125 Å². The lowest BCUT2D eigenvalue weighted by Gasteiger charge is -2.56. The molecule has 504 valence electrons. The van der Waals surface area contributed by atoms with Gasteiger partial charge in [0.15, 0.2) is 0 Å². The van der Waals surface area contributed by atoms with Crippen LogP contribution in [0.3, 0.4) is 0 Å². The maximum atomic E-state index is 14.9. The molecule has 2 saturated carbocycles. The van der Waals surface area contributed by atoms with Gasteiger partial charge in [-0.1, -0.05) is 109 Å². The topological polar surface area (TPSA) is 275 Å². The van der Waals surface area contributed by atoms with Crippen molar-refractivity contribution in [3.05, 3.63) is 124 Å². The van der Waals surface area contributed by atoms with Gasteiger partial charge in [0.2, 0.25) is 47.3 Å². The molecule has 4 aromatic rings. The molecular formula is C74H96N8O12. The van der Waals surface area contributed by atoms with Crippen LogP contribution in [0.25, 0.3) is 0 Å². The number of benzene rings is 4. The van der Waals surface area contributed by atoms with Crippen molar-refractivity contribution in [2.45, 2.75) is 161 Å². The van der Waals surface area contributed by atoms with Gasteiger partial charge >= 0.3 is 0 Å². The first-order valence-electron chi connectivity index (χ1n) is 33.7. The highest BCUT2D eigenvalue weighted by molar-refractivity contribution is 6.02. The molecule has 2 fully saturated rings. The number of rotatable bonds is 28. The van der Waals surface area contributed by atoms with E-state index in [1.54, 1.807) is 11.8 Å². The summed E-state index contributed by atoms with van der Waals surface area (Å²) in [6.45, 7) is 16.5. The largest absolute Gasteiger partial charge is 0.379 e. The molecule has 8 amide bonds. The van der Waals surface area contributed by atoms with Crippen LogP contribution in [-0.2, 0) is 87.5 Å². The number of amides is 8. The third-order valence-corrected chi connectivity index (χ3v) is 20.6. The first-order valence-corrected chi connectivity index (χ1v) is 33.7. The molecule has 0 saturated heterocycles. The fourth-order valence-corrected chi connectivity index (χ4v) is 15.5. The van der Waals surface area contributed by atoms with Crippen molar-refractivity contribution in [2.75, 3.05) is 81.5 Å². The van der Waals surface area contributed by atoms with E-state index in [9.17, 15) is 38.4 Å². The van der Waals surface area contributed by atoms with Crippen LogP contribution in [0.4, 0.5) is 17.1 Å². The van der Waals surface area contributed by atoms with E-state index in [0.717, 1.165) is 90.4 Å². The Hall–Kier alpha value is -7.80. The van der Waals surface area contributed by atoms with E-state index < -0.39 is 40.1 Å². The molecule has 0 bridgehead atoms. The number of carbonyl (C=O) groups excluding carboxylic acids is 8. The zero-order valence-electron chi connectivity index (χ0n) is 55.9. The number of aryl methyl sites for hydroxylation is 2. The molecule has 20 heteroatoms. The Morgan fingerprint density at radius 3 is 1.68 bits per heavy atom. The van der Waals surface area contributed by atoms with E-state index in [2.05, 4.69) is 69.7 Å². The van der Waals surface area contributed by atoms with Crippen LogP contribution >= 0.6 is 0 Å². The summed E-state index contributed by atoms with van der Waals surface area (Å²) in [6, 6.07) is 25.4. The first-order chi connectivity index (χ1) is 45.1. The van der Waals surface area contributed by atoms with Gasteiger partial charge in [-0.3, -0.25) is 43.7 Å². The third kappa shape index (κ3) is 16.5. The van der Waals surface area contributed by atoms with E-state index in [4.69, 9.17) is 24.7 Å².